The average molecular weight is 310 g/mol. The van der Waals surface area contributed by atoms with E-state index in [-0.39, 0.29) is 17.2 Å². The third-order valence-corrected chi connectivity index (χ3v) is 4.46. The monoisotopic (exact) mass is 309 g/mol. The molecule has 5 nitrogen and oxygen atoms in total. The fourth-order valence-corrected chi connectivity index (χ4v) is 2.93. The molecule has 0 aliphatic heterocycles. The van der Waals surface area contributed by atoms with Gasteiger partial charge in [0.05, 0.1) is 21.2 Å². The van der Waals surface area contributed by atoms with Gasteiger partial charge in [0.25, 0.3) is 0 Å². The van der Waals surface area contributed by atoms with Crippen molar-refractivity contribution in [3.8, 4) is 0 Å². The first-order chi connectivity index (χ1) is 8.65. The number of sulfone groups is 1. The van der Waals surface area contributed by atoms with E-state index in [1.54, 1.807) is 19.0 Å². The number of nitrogens with zero attached hydrogens (tertiary/aromatic N) is 1. The number of carboxylic acid groups (broad SMARTS) is 1. The van der Waals surface area contributed by atoms with Crippen LogP contribution in [-0.2, 0) is 9.84 Å². The fraction of sp³-hybridized carbons (Fsp3) is 0.364. The van der Waals surface area contributed by atoms with E-state index >= 15 is 0 Å². The van der Waals surface area contributed by atoms with Gasteiger partial charge in [-0.3, -0.25) is 0 Å². The zero-order valence-electron chi connectivity index (χ0n) is 10.4. The molecule has 0 bridgehead atoms. The van der Waals surface area contributed by atoms with Crippen LogP contribution in [0.2, 0.25) is 5.02 Å². The van der Waals surface area contributed by atoms with Gasteiger partial charge in [0, 0.05) is 6.54 Å². The van der Waals surface area contributed by atoms with Crippen molar-refractivity contribution < 1.29 is 22.7 Å². The summed E-state index contributed by atoms with van der Waals surface area (Å²) in [5.41, 5.74) is -0.565. The summed E-state index contributed by atoms with van der Waals surface area (Å²) in [5.74, 6) is -2.78. The van der Waals surface area contributed by atoms with Gasteiger partial charge in [0.1, 0.15) is 5.82 Å². The lowest BCUT2D eigenvalue weighted by Crippen LogP contribution is -2.22. The number of carbonyl (C=O) groups is 1. The molecule has 0 heterocycles. The van der Waals surface area contributed by atoms with Crippen LogP contribution >= 0.6 is 11.6 Å². The molecular formula is C11H13ClFNO4S. The van der Waals surface area contributed by atoms with Crippen molar-refractivity contribution in [2.75, 3.05) is 26.4 Å². The molecule has 0 saturated heterocycles. The Labute approximate surface area is 115 Å². The van der Waals surface area contributed by atoms with Crippen molar-refractivity contribution in [1.82, 2.24) is 4.90 Å². The molecule has 0 aromatic heterocycles. The summed E-state index contributed by atoms with van der Waals surface area (Å²) < 4.78 is 37.4. The molecule has 1 aromatic carbocycles. The summed E-state index contributed by atoms with van der Waals surface area (Å²) in [7, 11) is -0.364. The number of carboxylic acids is 1. The molecule has 0 atom stereocenters. The standard InChI is InChI=1S/C11H13ClFNO4S/c1-14(2)3-4-19(17,18)7-5-8(11(15)16)10(12)9(13)6-7/h5-6H,3-4H2,1-2H3,(H,15,16). The second kappa shape index (κ2) is 5.85. The van der Waals surface area contributed by atoms with Gasteiger partial charge in [-0.15, -0.1) is 0 Å². The molecule has 0 fully saturated rings. The zero-order chi connectivity index (χ0) is 14.8. The molecule has 19 heavy (non-hydrogen) atoms. The zero-order valence-corrected chi connectivity index (χ0v) is 11.9. The maximum absolute atomic E-state index is 13.5. The van der Waals surface area contributed by atoms with Gasteiger partial charge in [-0.2, -0.15) is 0 Å². The maximum atomic E-state index is 13.5. The highest BCUT2D eigenvalue weighted by Crippen LogP contribution is 2.25. The lowest BCUT2D eigenvalue weighted by Gasteiger charge is -2.11. The minimum Gasteiger partial charge on any atom is -0.478 e. The third kappa shape index (κ3) is 3.89. The Kier molecular flexibility index (Phi) is 4.89. The molecule has 1 aromatic rings. The highest BCUT2D eigenvalue weighted by atomic mass is 35.5. The van der Waals surface area contributed by atoms with E-state index in [0.717, 1.165) is 12.1 Å². The highest BCUT2D eigenvalue weighted by molar-refractivity contribution is 7.91. The Morgan fingerprint density at radius 2 is 2.00 bits per heavy atom. The SMILES string of the molecule is CN(C)CCS(=O)(=O)c1cc(F)c(Cl)c(C(=O)O)c1. The molecule has 0 unspecified atom stereocenters. The first-order valence-corrected chi connectivity index (χ1v) is 7.28. The molecule has 0 radical (unpaired) electrons. The van der Waals surface area contributed by atoms with Crippen molar-refractivity contribution in [2.24, 2.45) is 0 Å². The van der Waals surface area contributed by atoms with Gasteiger partial charge in [-0.1, -0.05) is 11.6 Å². The topological polar surface area (TPSA) is 74.7 Å². The highest BCUT2D eigenvalue weighted by Gasteiger charge is 2.21. The number of hydrogen-bond donors (Lipinski definition) is 1. The summed E-state index contributed by atoms with van der Waals surface area (Å²) in [6, 6.07) is 1.61. The summed E-state index contributed by atoms with van der Waals surface area (Å²) in [4.78, 5) is 12.1. The molecule has 0 amide bonds. The number of benzene rings is 1. The Morgan fingerprint density at radius 3 is 2.47 bits per heavy atom. The lowest BCUT2D eigenvalue weighted by molar-refractivity contribution is 0.0696. The summed E-state index contributed by atoms with van der Waals surface area (Å²) in [6.07, 6.45) is 0. The Bertz CT molecular complexity index is 601. The molecule has 0 aliphatic carbocycles. The third-order valence-electron chi connectivity index (χ3n) is 2.40. The summed E-state index contributed by atoms with van der Waals surface area (Å²) in [5, 5.41) is 8.25. The van der Waals surface area contributed by atoms with Crippen LogP contribution in [0.5, 0.6) is 0 Å². The van der Waals surface area contributed by atoms with Crippen LogP contribution in [0.25, 0.3) is 0 Å². The first-order valence-electron chi connectivity index (χ1n) is 5.25. The molecule has 0 aliphatic rings. The Hall–Kier alpha value is -1.18. The minimum atomic E-state index is -3.75. The van der Waals surface area contributed by atoms with Crippen LogP contribution in [0.4, 0.5) is 4.39 Å². The van der Waals surface area contributed by atoms with Crippen LogP contribution in [0.15, 0.2) is 17.0 Å². The van der Waals surface area contributed by atoms with Crippen molar-refractivity contribution in [1.29, 1.82) is 0 Å². The Balaban J connectivity index is 3.25. The molecule has 0 saturated carbocycles. The Morgan fingerprint density at radius 1 is 1.42 bits per heavy atom. The van der Waals surface area contributed by atoms with Gasteiger partial charge >= 0.3 is 5.97 Å². The van der Waals surface area contributed by atoms with E-state index in [0.29, 0.717) is 0 Å². The second-order valence-electron chi connectivity index (χ2n) is 4.19. The van der Waals surface area contributed by atoms with Crippen molar-refractivity contribution in [3.05, 3.63) is 28.5 Å². The summed E-state index contributed by atoms with van der Waals surface area (Å²) >= 11 is 5.48. The van der Waals surface area contributed by atoms with Crippen LogP contribution in [0, 0.1) is 5.82 Å². The van der Waals surface area contributed by atoms with Gasteiger partial charge in [-0.25, -0.2) is 17.6 Å². The minimum absolute atomic E-state index is 0.236. The van der Waals surface area contributed by atoms with Crippen LogP contribution in [-0.4, -0.2) is 50.8 Å². The fourth-order valence-electron chi connectivity index (χ4n) is 1.32. The van der Waals surface area contributed by atoms with E-state index in [1.807, 2.05) is 0 Å². The number of rotatable bonds is 5. The lowest BCUT2D eigenvalue weighted by atomic mass is 10.2. The summed E-state index contributed by atoms with van der Waals surface area (Å²) in [6.45, 7) is 0.245. The number of halogens is 2. The molecule has 8 heteroatoms. The first kappa shape index (κ1) is 15.9. The smallest absolute Gasteiger partial charge is 0.337 e. The van der Waals surface area contributed by atoms with Gasteiger partial charge in [-0.05, 0) is 26.2 Å². The van der Waals surface area contributed by atoms with Crippen molar-refractivity contribution in [2.45, 2.75) is 4.90 Å². The normalized spacial score (nSPS) is 11.8. The van der Waals surface area contributed by atoms with E-state index in [9.17, 15) is 17.6 Å². The van der Waals surface area contributed by atoms with Gasteiger partial charge in [0.2, 0.25) is 0 Å². The van der Waals surface area contributed by atoms with E-state index in [4.69, 9.17) is 16.7 Å². The largest absolute Gasteiger partial charge is 0.478 e. The van der Waals surface area contributed by atoms with E-state index in [2.05, 4.69) is 0 Å². The van der Waals surface area contributed by atoms with Crippen LogP contribution < -0.4 is 0 Å². The molecule has 106 valence electrons. The predicted octanol–water partition coefficient (Wildman–Crippen LogP) is 1.51. The second-order valence-corrected chi connectivity index (χ2v) is 6.68. The molecule has 1 N–H and O–H groups in total. The van der Waals surface area contributed by atoms with Crippen LogP contribution in [0.3, 0.4) is 0 Å². The molecule has 1 rings (SSSR count). The van der Waals surface area contributed by atoms with Crippen molar-refractivity contribution in [3.63, 3.8) is 0 Å². The van der Waals surface area contributed by atoms with Crippen molar-refractivity contribution >= 4 is 27.4 Å². The number of aromatic carboxylic acids is 1. The maximum Gasteiger partial charge on any atom is 0.337 e. The van der Waals surface area contributed by atoms with E-state index < -0.39 is 32.2 Å². The molecular weight excluding hydrogens is 297 g/mol. The predicted molar refractivity (Wildman–Crippen MR) is 69.0 cm³/mol. The van der Waals surface area contributed by atoms with Gasteiger partial charge in [0.15, 0.2) is 9.84 Å². The molecule has 0 spiro atoms. The quantitative estimate of drug-likeness (QED) is 0.892. The number of hydrogen-bond acceptors (Lipinski definition) is 4. The van der Waals surface area contributed by atoms with Crippen LogP contribution in [0.1, 0.15) is 10.4 Å². The van der Waals surface area contributed by atoms with E-state index in [1.165, 1.54) is 0 Å². The average Bonchev–Trinajstić information content (AvgIpc) is 2.29. The van der Waals surface area contributed by atoms with Gasteiger partial charge < -0.3 is 10.0 Å².